The smallest absolute Gasteiger partial charge is 0.145 e. The minimum Gasteiger partial charge on any atom is -0.342 e. The maximum Gasteiger partial charge on any atom is 0.145 e. The summed E-state index contributed by atoms with van der Waals surface area (Å²) in [5.74, 6) is 1.04. The summed E-state index contributed by atoms with van der Waals surface area (Å²) in [5.41, 5.74) is 7.45. The van der Waals surface area contributed by atoms with E-state index in [0.717, 1.165) is 25.1 Å². The minimum absolute atomic E-state index is 0.119. The van der Waals surface area contributed by atoms with Gasteiger partial charge in [0.2, 0.25) is 0 Å². The molecule has 2 aromatic rings. The number of thiazole rings is 1. The molecule has 2 aliphatic rings. The number of benzene rings is 1. The van der Waals surface area contributed by atoms with Crippen LogP contribution in [0, 0.1) is 5.41 Å². The van der Waals surface area contributed by atoms with Crippen molar-refractivity contribution >= 4 is 17.2 Å². The summed E-state index contributed by atoms with van der Waals surface area (Å²) in [4.78, 5) is 5.96. The summed E-state index contributed by atoms with van der Waals surface area (Å²) in [6.45, 7) is 11.5. The SMILES string of the molecule is C=C1CC(C)(C)CC2=C1C(CC)(c1ccccc1)c1scnc1N2. The lowest BCUT2D eigenvalue weighted by atomic mass is 9.61. The Morgan fingerprint density at radius 1 is 1.21 bits per heavy atom. The average molecular weight is 337 g/mol. The Morgan fingerprint density at radius 2 is 1.96 bits per heavy atom. The molecule has 0 amide bonds. The molecule has 124 valence electrons. The van der Waals surface area contributed by atoms with Gasteiger partial charge in [0.25, 0.3) is 0 Å². The van der Waals surface area contributed by atoms with E-state index in [1.54, 1.807) is 11.3 Å². The fourth-order valence-electron chi connectivity index (χ4n) is 4.61. The van der Waals surface area contributed by atoms with Gasteiger partial charge in [-0.15, -0.1) is 11.3 Å². The van der Waals surface area contributed by atoms with Gasteiger partial charge in [-0.3, -0.25) is 0 Å². The maximum absolute atomic E-state index is 4.63. The van der Waals surface area contributed by atoms with E-state index in [0.29, 0.717) is 0 Å². The number of rotatable bonds is 2. The zero-order valence-corrected chi connectivity index (χ0v) is 15.5. The largest absolute Gasteiger partial charge is 0.342 e. The van der Waals surface area contributed by atoms with Crippen molar-refractivity contribution in [1.82, 2.24) is 4.98 Å². The molecular weight excluding hydrogens is 312 g/mol. The Hall–Kier alpha value is -1.87. The zero-order valence-electron chi connectivity index (χ0n) is 14.6. The Labute approximate surface area is 148 Å². The topological polar surface area (TPSA) is 24.9 Å². The first kappa shape index (κ1) is 15.6. The van der Waals surface area contributed by atoms with Crippen molar-refractivity contribution in [3.05, 3.63) is 69.7 Å². The lowest BCUT2D eigenvalue weighted by molar-refractivity contribution is 0.338. The molecule has 1 N–H and O–H groups in total. The molecule has 1 unspecified atom stereocenters. The molecule has 0 spiro atoms. The molecule has 1 atom stereocenters. The first-order valence-corrected chi connectivity index (χ1v) is 9.54. The monoisotopic (exact) mass is 336 g/mol. The molecule has 2 heterocycles. The van der Waals surface area contributed by atoms with Gasteiger partial charge < -0.3 is 5.32 Å². The van der Waals surface area contributed by atoms with Crippen LogP contribution in [0.1, 0.15) is 50.5 Å². The van der Waals surface area contributed by atoms with Crippen LogP contribution in [-0.2, 0) is 5.41 Å². The Bertz CT molecular complexity index is 829. The van der Waals surface area contributed by atoms with Crippen molar-refractivity contribution in [2.45, 2.75) is 45.4 Å². The van der Waals surface area contributed by atoms with Gasteiger partial charge in [0.15, 0.2) is 0 Å². The van der Waals surface area contributed by atoms with Crippen LogP contribution in [0.5, 0.6) is 0 Å². The highest BCUT2D eigenvalue weighted by Crippen LogP contribution is 2.57. The van der Waals surface area contributed by atoms with Gasteiger partial charge in [-0.25, -0.2) is 4.98 Å². The van der Waals surface area contributed by atoms with Crippen LogP contribution in [0.3, 0.4) is 0 Å². The van der Waals surface area contributed by atoms with Crippen LogP contribution < -0.4 is 5.32 Å². The molecule has 3 heteroatoms. The lowest BCUT2D eigenvalue weighted by Crippen LogP contribution is -2.39. The van der Waals surface area contributed by atoms with Crippen molar-refractivity contribution < 1.29 is 0 Å². The van der Waals surface area contributed by atoms with E-state index in [-0.39, 0.29) is 10.8 Å². The van der Waals surface area contributed by atoms with Gasteiger partial charge >= 0.3 is 0 Å². The number of nitrogens with zero attached hydrogens (tertiary/aromatic N) is 1. The number of nitrogens with one attached hydrogen (secondary N) is 1. The predicted octanol–water partition coefficient (Wildman–Crippen LogP) is 5.90. The molecule has 1 aromatic heterocycles. The van der Waals surface area contributed by atoms with E-state index < -0.39 is 0 Å². The normalized spacial score (nSPS) is 25.0. The predicted molar refractivity (Wildman–Crippen MR) is 102 cm³/mol. The Morgan fingerprint density at radius 3 is 2.67 bits per heavy atom. The molecule has 4 rings (SSSR count). The molecule has 0 radical (unpaired) electrons. The second-order valence-corrected chi connectivity index (χ2v) is 8.61. The van der Waals surface area contributed by atoms with Crippen LogP contribution in [0.15, 0.2) is 59.3 Å². The molecule has 0 bridgehead atoms. The third-order valence-electron chi connectivity index (χ3n) is 5.45. The molecule has 1 aliphatic heterocycles. The molecule has 24 heavy (non-hydrogen) atoms. The summed E-state index contributed by atoms with van der Waals surface area (Å²) >= 11 is 1.76. The zero-order chi connectivity index (χ0) is 16.9. The van der Waals surface area contributed by atoms with Crippen LogP contribution in [0.4, 0.5) is 5.82 Å². The minimum atomic E-state index is -0.119. The van der Waals surface area contributed by atoms with Crippen molar-refractivity contribution in [3.63, 3.8) is 0 Å². The first-order valence-electron chi connectivity index (χ1n) is 8.66. The second kappa shape index (κ2) is 5.32. The first-order chi connectivity index (χ1) is 11.5. The highest BCUT2D eigenvalue weighted by molar-refractivity contribution is 7.10. The third kappa shape index (κ3) is 2.11. The van der Waals surface area contributed by atoms with Crippen LogP contribution >= 0.6 is 11.3 Å². The molecule has 0 saturated carbocycles. The van der Waals surface area contributed by atoms with Gasteiger partial charge in [-0.1, -0.05) is 57.7 Å². The number of hydrogen-bond donors (Lipinski definition) is 1. The van der Waals surface area contributed by atoms with E-state index in [9.17, 15) is 0 Å². The van der Waals surface area contributed by atoms with Gasteiger partial charge in [0, 0.05) is 5.70 Å². The van der Waals surface area contributed by atoms with Crippen molar-refractivity contribution in [3.8, 4) is 0 Å². The molecule has 1 aromatic carbocycles. The Balaban J connectivity index is 2.03. The maximum atomic E-state index is 4.63. The standard InChI is InChI=1S/C21H24N2S/c1-5-21(15-9-7-6-8-10-15)17-14(2)11-20(3,4)12-16(17)23-19-18(21)24-13-22-19/h6-10,13,23H,2,5,11-12H2,1,3-4H3. The van der Waals surface area contributed by atoms with Crippen LogP contribution in [0.25, 0.3) is 0 Å². The highest BCUT2D eigenvalue weighted by atomic mass is 32.1. The number of hydrogen-bond acceptors (Lipinski definition) is 3. The number of fused-ring (bicyclic) bond motifs is 1. The van der Waals surface area contributed by atoms with Gasteiger partial charge in [-0.05, 0) is 41.4 Å². The van der Waals surface area contributed by atoms with E-state index >= 15 is 0 Å². The highest BCUT2D eigenvalue weighted by Gasteiger charge is 2.48. The van der Waals surface area contributed by atoms with Crippen molar-refractivity contribution in [2.75, 3.05) is 5.32 Å². The summed E-state index contributed by atoms with van der Waals surface area (Å²) in [7, 11) is 0. The van der Waals surface area contributed by atoms with Crippen molar-refractivity contribution in [1.29, 1.82) is 0 Å². The second-order valence-electron chi connectivity index (χ2n) is 7.75. The molecule has 0 fully saturated rings. The molecule has 0 saturated heterocycles. The van der Waals surface area contributed by atoms with Gasteiger partial charge in [0.05, 0.1) is 15.8 Å². The van der Waals surface area contributed by atoms with Gasteiger partial charge in [-0.2, -0.15) is 0 Å². The van der Waals surface area contributed by atoms with Crippen LogP contribution in [0.2, 0.25) is 0 Å². The summed E-state index contributed by atoms with van der Waals surface area (Å²) in [6.07, 6.45) is 3.12. The van der Waals surface area contributed by atoms with Crippen molar-refractivity contribution in [2.24, 2.45) is 5.41 Å². The fraction of sp³-hybridized carbons (Fsp3) is 0.381. The van der Waals surface area contributed by atoms with Gasteiger partial charge in [0.1, 0.15) is 5.82 Å². The Kier molecular flexibility index (Phi) is 3.47. The van der Waals surface area contributed by atoms with E-state index in [1.807, 2.05) is 5.51 Å². The van der Waals surface area contributed by atoms with E-state index in [4.69, 9.17) is 0 Å². The average Bonchev–Trinajstić information content (AvgIpc) is 3.01. The quantitative estimate of drug-likeness (QED) is 0.739. The van der Waals surface area contributed by atoms with E-state index in [1.165, 1.54) is 27.3 Å². The number of aromatic nitrogens is 1. The summed E-state index contributed by atoms with van der Waals surface area (Å²) in [5, 5.41) is 3.64. The molecule has 1 aliphatic carbocycles. The molecule has 2 nitrogen and oxygen atoms in total. The van der Waals surface area contributed by atoms with E-state index in [2.05, 4.69) is 68.0 Å². The van der Waals surface area contributed by atoms with Crippen LogP contribution in [-0.4, -0.2) is 4.98 Å². The number of anilines is 1. The third-order valence-corrected chi connectivity index (χ3v) is 6.44. The lowest BCUT2D eigenvalue weighted by Gasteiger charge is -2.46. The molecular formula is C21H24N2S. The summed E-state index contributed by atoms with van der Waals surface area (Å²) in [6, 6.07) is 10.9. The number of allylic oxidation sites excluding steroid dienone is 3. The fourth-order valence-corrected chi connectivity index (χ4v) is 5.65. The summed E-state index contributed by atoms with van der Waals surface area (Å²) < 4.78 is 0.